The molecule has 1 aromatic carbocycles. The Labute approximate surface area is 126 Å². The van der Waals surface area contributed by atoms with Crippen molar-refractivity contribution < 1.29 is 9.90 Å². The summed E-state index contributed by atoms with van der Waals surface area (Å²) in [6.07, 6.45) is 4.93. The Hall–Kier alpha value is -1.55. The van der Waals surface area contributed by atoms with Crippen molar-refractivity contribution >= 4 is 11.6 Å². The van der Waals surface area contributed by atoms with Gasteiger partial charge in [-0.25, -0.2) is 0 Å². The van der Waals surface area contributed by atoms with E-state index in [1.54, 1.807) is 0 Å². The molecule has 4 heteroatoms. The number of nitrogens with zero attached hydrogens (tertiary/aromatic N) is 1. The van der Waals surface area contributed by atoms with E-state index in [0.717, 1.165) is 30.5 Å². The van der Waals surface area contributed by atoms with E-state index in [-0.39, 0.29) is 11.8 Å². The molecule has 114 valence electrons. The summed E-state index contributed by atoms with van der Waals surface area (Å²) < 4.78 is 0. The fraction of sp³-hybridized carbons (Fsp3) is 0.588. The third kappa shape index (κ3) is 2.64. The number of carbonyl (C=O) groups is 1. The largest absolute Gasteiger partial charge is 0.389 e. The predicted molar refractivity (Wildman–Crippen MR) is 83.4 cm³/mol. The van der Waals surface area contributed by atoms with Gasteiger partial charge in [0.15, 0.2) is 0 Å². The number of benzene rings is 1. The molecule has 2 atom stereocenters. The smallest absolute Gasteiger partial charge is 0.255 e. The van der Waals surface area contributed by atoms with Gasteiger partial charge in [0.2, 0.25) is 0 Å². The first-order chi connectivity index (χ1) is 10.1. The summed E-state index contributed by atoms with van der Waals surface area (Å²) in [7, 11) is 1.84. The molecule has 1 aliphatic heterocycles. The van der Waals surface area contributed by atoms with Crippen molar-refractivity contribution in [2.45, 2.75) is 37.7 Å². The van der Waals surface area contributed by atoms with Crippen molar-refractivity contribution in [3.05, 3.63) is 29.8 Å². The van der Waals surface area contributed by atoms with Gasteiger partial charge in [0.05, 0.1) is 11.2 Å². The highest BCUT2D eigenvalue weighted by Crippen LogP contribution is 2.40. The van der Waals surface area contributed by atoms with E-state index in [9.17, 15) is 9.90 Å². The molecule has 1 heterocycles. The van der Waals surface area contributed by atoms with Crippen LogP contribution in [0.2, 0.25) is 0 Å². The maximum atomic E-state index is 12.8. The standard InChI is InChI=1S/C17H24N2O2/c1-18-15-8-3-2-7-14(15)16(20)19-11-10-17(21)9-5-4-6-13(17)12-19/h2-3,7-8,13,18,21H,4-6,9-12H2,1H3. The molecule has 2 unspecified atom stereocenters. The second-order valence-electron chi connectivity index (χ2n) is 6.34. The zero-order valence-electron chi connectivity index (χ0n) is 12.6. The Balaban J connectivity index is 1.77. The van der Waals surface area contributed by atoms with Crippen LogP contribution in [0.15, 0.2) is 24.3 Å². The third-order valence-electron chi connectivity index (χ3n) is 5.14. The highest BCUT2D eigenvalue weighted by atomic mass is 16.3. The fourth-order valence-electron chi connectivity index (χ4n) is 3.81. The van der Waals surface area contributed by atoms with Crippen LogP contribution in [0.4, 0.5) is 5.69 Å². The number of nitrogens with one attached hydrogen (secondary N) is 1. The van der Waals surface area contributed by atoms with Crippen molar-refractivity contribution in [3.8, 4) is 0 Å². The van der Waals surface area contributed by atoms with Crippen LogP contribution in [0.25, 0.3) is 0 Å². The molecule has 1 aromatic rings. The summed E-state index contributed by atoms with van der Waals surface area (Å²) in [6, 6.07) is 7.62. The Morgan fingerprint density at radius 2 is 2.14 bits per heavy atom. The molecular formula is C17H24N2O2. The minimum Gasteiger partial charge on any atom is -0.389 e. The van der Waals surface area contributed by atoms with E-state index in [2.05, 4.69) is 5.32 Å². The van der Waals surface area contributed by atoms with Gasteiger partial charge in [-0.05, 0) is 31.4 Å². The van der Waals surface area contributed by atoms with Gasteiger partial charge in [0, 0.05) is 31.7 Å². The number of piperidine rings is 1. The van der Waals surface area contributed by atoms with Crippen LogP contribution in [0.5, 0.6) is 0 Å². The van der Waals surface area contributed by atoms with E-state index in [0.29, 0.717) is 19.5 Å². The molecule has 0 bridgehead atoms. The number of carbonyl (C=O) groups excluding carboxylic acids is 1. The number of aliphatic hydroxyl groups is 1. The lowest BCUT2D eigenvalue weighted by Gasteiger charge is -2.47. The summed E-state index contributed by atoms with van der Waals surface area (Å²) in [5.41, 5.74) is 1.06. The van der Waals surface area contributed by atoms with Gasteiger partial charge in [-0.3, -0.25) is 4.79 Å². The highest BCUT2D eigenvalue weighted by Gasteiger charge is 2.43. The maximum absolute atomic E-state index is 12.8. The molecule has 1 saturated carbocycles. The molecule has 3 rings (SSSR count). The van der Waals surface area contributed by atoms with Gasteiger partial charge in [-0.2, -0.15) is 0 Å². The minimum absolute atomic E-state index is 0.0765. The van der Waals surface area contributed by atoms with E-state index in [1.165, 1.54) is 6.42 Å². The number of rotatable bonds is 2. The first-order valence-corrected chi connectivity index (χ1v) is 7.92. The molecule has 2 aliphatic rings. The second-order valence-corrected chi connectivity index (χ2v) is 6.34. The lowest BCUT2D eigenvalue weighted by molar-refractivity contribution is -0.0886. The Morgan fingerprint density at radius 3 is 2.95 bits per heavy atom. The molecule has 21 heavy (non-hydrogen) atoms. The Kier molecular flexibility index (Phi) is 3.89. The number of fused-ring (bicyclic) bond motifs is 1. The molecule has 0 spiro atoms. The number of likely N-dealkylation sites (tertiary alicyclic amines) is 1. The summed E-state index contributed by atoms with van der Waals surface area (Å²) in [6.45, 7) is 1.34. The molecule has 2 N–H and O–H groups in total. The van der Waals surface area contributed by atoms with Crippen molar-refractivity contribution in [2.75, 3.05) is 25.5 Å². The van der Waals surface area contributed by atoms with E-state index < -0.39 is 5.60 Å². The van der Waals surface area contributed by atoms with Crippen molar-refractivity contribution in [3.63, 3.8) is 0 Å². The number of para-hydroxylation sites is 1. The molecule has 2 fully saturated rings. The first kappa shape index (κ1) is 14.4. The molecule has 1 aliphatic carbocycles. The van der Waals surface area contributed by atoms with E-state index in [1.807, 2.05) is 36.2 Å². The van der Waals surface area contributed by atoms with Crippen LogP contribution in [0.3, 0.4) is 0 Å². The van der Waals surface area contributed by atoms with Crippen molar-refractivity contribution in [2.24, 2.45) is 5.92 Å². The topological polar surface area (TPSA) is 52.6 Å². The second kappa shape index (κ2) is 5.68. The Bertz CT molecular complexity index is 531. The molecule has 0 aromatic heterocycles. The molecule has 0 radical (unpaired) electrons. The van der Waals surface area contributed by atoms with Crippen LogP contribution < -0.4 is 5.32 Å². The lowest BCUT2D eigenvalue weighted by atomic mass is 9.71. The number of hydrogen-bond acceptors (Lipinski definition) is 3. The van der Waals surface area contributed by atoms with Gasteiger partial charge in [-0.1, -0.05) is 25.0 Å². The summed E-state index contributed by atoms with van der Waals surface area (Å²) >= 11 is 0. The van der Waals surface area contributed by atoms with Crippen molar-refractivity contribution in [1.82, 2.24) is 4.90 Å². The zero-order valence-corrected chi connectivity index (χ0v) is 12.6. The number of hydrogen-bond donors (Lipinski definition) is 2. The van der Waals surface area contributed by atoms with Gasteiger partial charge in [0.25, 0.3) is 5.91 Å². The van der Waals surface area contributed by atoms with Gasteiger partial charge < -0.3 is 15.3 Å². The first-order valence-electron chi connectivity index (χ1n) is 7.92. The Morgan fingerprint density at radius 1 is 1.33 bits per heavy atom. The zero-order chi connectivity index (χ0) is 14.9. The summed E-state index contributed by atoms with van der Waals surface area (Å²) in [4.78, 5) is 14.7. The van der Waals surface area contributed by atoms with Gasteiger partial charge in [0.1, 0.15) is 0 Å². The average molecular weight is 288 g/mol. The number of anilines is 1. The molecule has 1 saturated heterocycles. The third-order valence-corrected chi connectivity index (χ3v) is 5.14. The lowest BCUT2D eigenvalue weighted by Crippen LogP contribution is -2.54. The maximum Gasteiger partial charge on any atom is 0.255 e. The number of amides is 1. The van der Waals surface area contributed by atoms with Crippen LogP contribution in [0.1, 0.15) is 42.5 Å². The molecule has 4 nitrogen and oxygen atoms in total. The van der Waals surface area contributed by atoms with Crippen LogP contribution in [-0.2, 0) is 0 Å². The molecular weight excluding hydrogens is 264 g/mol. The van der Waals surface area contributed by atoms with E-state index in [4.69, 9.17) is 0 Å². The normalized spacial score (nSPS) is 28.9. The monoisotopic (exact) mass is 288 g/mol. The van der Waals surface area contributed by atoms with Crippen LogP contribution >= 0.6 is 0 Å². The molecule has 1 amide bonds. The average Bonchev–Trinajstić information content (AvgIpc) is 2.53. The van der Waals surface area contributed by atoms with Crippen molar-refractivity contribution in [1.29, 1.82) is 0 Å². The van der Waals surface area contributed by atoms with Crippen LogP contribution in [0, 0.1) is 5.92 Å². The van der Waals surface area contributed by atoms with Gasteiger partial charge in [-0.15, -0.1) is 0 Å². The fourth-order valence-corrected chi connectivity index (χ4v) is 3.81. The predicted octanol–water partition coefficient (Wildman–Crippen LogP) is 2.50. The summed E-state index contributed by atoms with van der Waals surface area (Å²) in [5, 5.41) is 13.8. The SMILES string of the molecule is CNc1ccccc1C(=O)N1CCC2(O)CCCCC2C1. The van der Waals surface area contributed by atoms with Gasteiger partial charge >= 0.3 is 0 Å². The summed E-state index contributed by atoms with van der Waals surface area (Å²) in [5.74, 6) is 0.318. The minimum atomic E-state index is -0.530. The highest BCUT2D eigenvalue weighted by molar-refractivity contribution is 5.99. The van der Waals surface area contributed by atoms with E-state index >= 15 is 0 Å². The quantitative estimate of drug-likeness (QED) is 0.879. The van der Waals surface area contributed by atoms with Crippen LogP contribution in [-0.4, -0.2) is 41.7 Å².